The molecule has 1 heterocycles. The van der Waals surface area contributed by atoms with E-state index in [1.54, 1.807) is 7.05 Å². The Bertz CT molecular complexity index is 165. The van der Waals surface area contributed by atoms with Crippen molar-refractivity contribution in [3.05, 3.63) is 0 Å². The Morgan fingerprint density at radius 1 is 1.89 bits per heavy atom. The number of carboxylic acid groups (broad SMARTS) is 1. The van der Waals surface area contributed by atoms with Crippen molar-refractivity contribution >= 4 is 11.8 Å². The molecule has 6 nitrogen and oxygen atoms in total. The summed E-state index contributed by atoms with van der Waals surface area (Å²) in [6.45, 7) is 0. The molecule has 1 aliphatic rings. The molecule has 0 bridgehead atoms. The number of aliphatic carboxylic acids is 1. The highest BCUT2D eigenvalue weighted by molar-refractivity contribution is 6.34. The highest BCUT2D eigenvalue weighted by Crippen LogP contribution is 1.86. The molecule has 0 aliphatic carbocycles. The van der Waals surface area contributed by atoms with Gasteiger partial charge in [-0.25, -0.2) is 10.3 Å². The molecule has 50 valence electrons. The molecule has 1 aliphatic heterocycles. The van der Waals surface area contributed by atoms with Gasteiger partial charge in [0.1, 0.15) is 0 Å². The number of nitrogens with zero attached hydrogens (tertiary/aromatic N) is 2. The predicted molar refractivity (Wildman–Crippen MR) is 29.1 cm³/mol. The van der Waals surface area contributed by atoms with Crippen LogP contribution < -0.4 is 11.1 Å². The van der Waals surface area contributed by atoms with E-state index in [1.807, 2.05) is 0 Å². The lowest BCUT2D eigenvalue weighted by Crippen LogP contribution is -2.40. The van der Waals surface area contributed by atoms with Crippen molar-refractivity contribution in [2.24, 2.45) is 5.10 Å². The van der Waals surface area contributed by atoms with Gasteiger partial charge in [0, 0.05) is 7.05 Å². The third-order valence-corrected chi connectivity index (χ3v) is 0.889. The van der Waals surface area contributed by atoms with Crippen molar-refractivity contribution in [2.45, 2.75) is 0 Å². The van der Waals surface area contributed by atoms with Crippen LogP contribution in [0.3, 0.4) is 0 Å². The van der Waals surface area contributed by atoms with E-state index in [0.29, 0.717) is 0 Å². The fraction of sp³-hybridized carbons (Fsp3) is 0.333. The predicted octanol–water partition coefficient (Wildman–Crippen LogP) is -1.66. The van der Waals surface area contributed by atoms with E-state index in [1.165, 1.54) is 5.01 Å². The van der Waals surface area contributed by atoms with Crippen LogP contribution in [0.2, 0.25) is 0 Å². The van der Waals surface area contributed by atoms with Gasteiger partial charge in [0.15, 0.2) is 0 Å². The highest BCUT2D eigenvalue weighted by atomic mass is 16.4. The number of hydrogen-bond donors (Lipinski definition) is 3. The zero-order valence-corrected chi connectivity index (χ0v) is 4.75. The first-order valence-electron chi connectivity index (χ1n) is 2.27. The zero-order chi connectivity index (χ0) is 6.85. The van der Waals surface area contributed by atoms with Gasteiger partial charge >= 0.3 is 5.97 Å². The summed E-state index contributed by atoms with van der Waals surface area (Å²) in [6, 6.07) is 0. The highest BCUT2D eigenvalue weighted by Gasteiger charge is 2.18. The number of hydrogen-bond acceptors (Lipinski definition) is 5. The van der Waals surface area contributed by atoms with Crippen LogP contribution in [0.25, 0.3) is 0 Å². The van der Waals surface area contributed by atoms with E-state index in [2.05, 4.69) is 16.2 Å². The van der Waals surface area contributed by atoms with Gasteiger partial charge in [-0.1, -0.05) is 0 Å². The Hall–Kier alpha value is -1.30. The average molecular weight is 130 g/mol. The minimum Gasteiger partial charge on any atom is -0.475 e. The van der Waals surface area contributed by atoms with Crippen LogP contribution >= 0.6 is 0 Å². The van der Waals surface area contributed by atoms with Crippen LogP contribution in [0.4, 0.5) is 0 Å². The SMILES string of the molecule is CN1NNN=C1C(=O)O. The number of carboxylic acids is 1. The lowest BCUT2D eigenvalue weighted by Gasteiger charge is -2.06. The molecule has 0 aromatic heterocycles. The first-order valence-corrected chi connectivity index (χ1v) is 2.27. The molecule has 0 unspecified atom stereocenters. The van der Waals surface area contributed by atoms with Crippen molar-refractivity contribution in [3.63, 3.8) is 0 Å². The summed E-state index contributed by atoms with van der Waals surface area (Å²) < 4.78 is 0. The van der Waals surface area contributed by atoms with Gasteiger partial charge in [0.25, 0.3) is 5.84 Å². The van der Waals surface area contributed by atoms with E-state index < -0.39 is 5.97 Å². The largest absolute Gasteiger partial charge is 0.475 e. The van der Waals surface area contributed by atoms with E-state index in [0.717, 1.165) is 0 Å². The van der Waals surface area contributed by atoms with Crippen LogP contribution in [0.5, 0.6) is 0 Å². The summed E-state index contributed by atoms with van der Waals surface area (Å²) in [5.41, 5.74) is 4.74. The molecule has 6 heteroatoms. The second-order valence-electron chi connectivity index (χ2n) is 1.52. The summed E-state index contributed by atoms with van der Waals surface area (Å²) in [4.78, 5) is 10.2. The molecular weight excluding hydrogens is 124 g/mol. The average Bonchev–Trinajstić information content (AvgIpc) is 2.13. The van der Waals surface area contributed by atoms with Crippen LogP contribution in [0, 0.1) is 0 Å². The first-order chi connectivity index (χ1) is 4.22. The van der Waals surface area contributed by atoms with Crippen molar-refractivity contribution < 1.29 is 9.90 Å². The second-order valence-corrected chi connectivity index (χ2v) is 1.52. The van der Waals surface area contributed by atoms with Crippen molar-refractivity contribution in [3.8, 4) is 0 Å². The van der Waals surface area contributed by atoms with Crippen LogP contribution in [0.15, 0.2) is 5.10 Å². The van der Waals surface area contributed by atoms with Gasteiger partial charge in [0.2, 0.25) is 0 Å². The van der Waals surface area contributed by atoms with E-state index >= 15 is 0 Å². The number of rotatable bonds is 1. The molecule has 0 radical (unpaired) electrons. The Morgan fingerprint density at radius 2 is 2.56 bits per heavy atom. The molecule has 1 rings (SSSR count). The first kappa shape index (κ1) is 5.83. The third kappa shape index (κ3) is 0.918. The normalized spacial score (nSPS) is 17.0. The van der Waals surface area contributed by atoms with Crippen molar-refractivity contribution in [1.82, 2.24) is 16.1 Å². The zero-order valence-electron chi connectivity index (χ0n) is 4.75. The maximum absolute atomic E-state index is 10.2. The molecule has 0 fully saturated rings. The molecule has 0 saturated heterocycles. The molecule has 0 spiro atoms. The van der Waals surface area contributed by atoms with Gasteiger partial charge in [-0.3, -0.25) is 5.01 Å². The summed E-state index contributed by atoms with van der Waals surface area (Å²) >= 11 is 0. The summed E-state index contributed by atoms with van der Waals surface area (Å²) in [5, 5.41) is 13.0. The van der Waals surface area contributed by atoms with E-state index in [-0.39, 0.29) is 5.84 Å². The van der Waals surface area contributed by atoms with Gasteiger partial charge in [-0.15, -0.1) is 10.6 Å². The molecule has 3 N–H and O–H groups in total. The van der Waals surface area contributed by atoms with Crippen LogP contribution in [-0.2, 0) is 4.79 Å². The number of likely N-dealkylation sites (N-methyl/N-ethyl adjacent to an activating group) is 1. The Labute approximate surface area is 51.1 Å². The van der Waals surface area contributed by atoms with Crippen LogP contribution in [0.1, 0.15) is 0 Å². The van der Waals surface area contributed by atoms with E-state index in [4.69, 9.17) is 5.11 Å². The minimum absolute atomic E-state index is 0.0463. The van der Waals surface area contributed by atoms with E-state index in [9.17, 15) is 4.79 Å². The second kappa shape index (κ2) is 1.90. The number of hydrazone groups is 1. The Kier molecular flexibility index (Phi) is 1.23. The molecule has 0 aromatic carbocycles. The Morgan fingerprint density at radius 3 is 2.78 bits per heavy atom. The lowest BCUT2D eigenvalue weighted by atomic mass is 10.6. The maximum atomic E-state index is 10.2. The summed E-state index contributed by atoms with van der Waals surface area (Å²) in [5.74, 6) is -1.11. The molecule has 0 aromatic rings. The topological polar surface area (TPSA) is 77.0 Å². The number of carbonyl (C=O) groups is 1. The third-order valence-electron chi connectivity index (χ3n) is 0.889. The monoisotopic (exact) mass is 130 g/mol. The molecule has 0 amide bonds. The number of hydrazine groups is 2. The Balaban J connectivity index is 2.68. The van der Waals surface area contributed by atoms with Gasteiger partial charge in [0.05, 0.1) is 0 Å². The summed E-state index contributed by atoms with van der Waals surface area (Å²) in [6.07, 6.45) is 0. The quantitative estimate of drug-likeness (QED) is 0.396. The van der Waals surface area contributed by atoms with Crippen LogP contribution in [-0.4, -0.2) is 29.0 Å². The summed E-state index contributed by atoms with van der Waals surface area (Å²) in [7, 11) is 1.55. The smallest absolute Gasteiger partial charge is 0.375 e. The lowest BCUT2D eigenvalue weighted by molar-refractivity contribution is -0.130. The van der Waals surface area contributed by atoms with Gasteiger partial charge in [-0.2, -0.15) is 0 Å². The van der Waals surface area contributed by atoms with Gasteiger partial charge < -0.3 is 5.11 Å². The van der Waals surface area contributed by atoms with Crippen molar-refractivity contribution in [2.75, 3.05) is 7.05 Å². The molecule has 0 saturated carbocycles. The maximum Gasteiger partial charge on any atom is 0.375 e. The van der Waals surface area contributed by atoms with Crippen molar-refractivity contribution in [1.29, 1.82) is 0 Å². The minimum atomic E-state index is -1.06. The molecular formula is C3H6N4O2. The van der Waals surface area contributed by atoms with Gasteiger partial charge in [-0.05, 0) is 0 Å². The number of amidine groups is 1. The standard InChI is InChI=1S/C3H6N4O2/c1-7-2(3(8)9)4-5-6-7/h5-6H,1H3,(H,8,9). The molecule has 9 heavy (non-hydrogen) atoms. The fourth-order valence-corrected chi connectivity index (χ4v) is 0.472. The number of nitrogens with one attached hydrogen (secondary N) is 2. The molecule has 0 atom stereocenters. The fourth-order valence-electron chi connectivity index (χ4n) is 0.472.